The van der Waals surface area contributed by atoms with Crippen molar-refractivity contribution >= 4 is 39.7 Å². The van der Waals surface area contributed by atoms with Crippen LogP contribution < -0.4 is 15.1 Å². The average Bonchev–Trinajstić information content (AvgIpc) is 3.62. The van der Waals surface area contributed by atoms with Gasteiger partial charge in [-0.3, -0.25) is 4.79 Å². The van der Waals surface area contributed by atoms with Crippen LogP contribution in [-0.2, 0) is 11.2 Å². The first-order valence-electron chi connectivity index (χ1n) is 11.9. The topological polar surface area (TPSA) is 98.9 Å². The Morgan fingerprint density at radius 2 is 2.06 bits per heavy atom. The Labute approximate surface area is 212 Å². The van der Waals surface area contributed by atoms with Crippen LogP contribution in [-0.4, -0.2) is 62.9 Å². The number of hydrogen-bond donors (Lipinski definition) is 2. The molecular formula is C25H28FN7O2S. The van der Waals surface area contributed by atoms with E-state index < -0.39 is 12.0 Å². The Bertz CT molecular complexity index is 1390. The zero-order valence-corrected chi connectivity index (χ0v) is 21.2. The van der Waals surface area contributed by atoms with Crippen LogP contribution in [0, 0.1) is 5.82 Å². The number of carboxylic acids is 1. The minimum atomic E-state index is -0.851. The molecule has 5 rings (SSSR count). The van der Waals surface area contributed by atoms with Gasteiger partial charge in [-0.25, -0.2) is 14.4 Å². The average molecular weight is 510 g/mol. The number of thiazole rings is 1. The first-order valence-corrected chi connectivity index (χ1v) is 12.8. The van der Waals surface area contributed by atoms with E-state index in [1.165, 1.54) is 23.5 Å². The van der Waals surface area contributed by atoms with E-state index in [1.54, 1.807) is 19.1 Å². The number of aromatic nitrogens is 4. The fourth-order valence-corrected chi connectivity index (χ4v) is 5.29. The van der Waals surface area contributed by atoms with Gasteiger partial charge < -0.3 is 20.2 Å². The van der Waals surface area contributed by atoms with Gasteiger partial charge in [0, 0.05) is 37.1 Å². The number of aryl methyl sites for hydroxylation is 1. The molecule has 2 atom stereocenters. The number of nitrogens with zero attached hydrogens (tertiary/aromatic N) is 6. The molecule has 188 valence electrons. The van der Waals surface area contributed by atoms with Gasteiger partial charge in [0.05, 0.1) is 11.4 Å². The van der Waals surface area contributed by atoms with E-state index in [9.17, 15) is 14.3 Å². The number of anilines is 3. The minimum Gasteiger partial charge on any atom is -0.480 e. The second kappa shape index (κ2) is 9.82. The van der Waals surface area contributed by atoms with E-state index in [0.29, 0.717) is 6.54 Å². The lowest BCUT2D eigenvalue weighted by atomic mass is 10.2. The third-order valence-electron chi connectivity index (χ3n) is 6.45. The molecular weight excluding hydrogens is 481 g/mol. The maximum atomic E-state index is 13.3. The van der Waals surface area contributed by atoms with E-state index in [2.05, 4.69) is 17.1 Å². The highest BCUT2D eigenvalue weighted by Gasteiger charge is 2.27. The van der Waals surface area contributed by atoms with Gasteiger partial charge in [0.15, 0.2) is 16.6 Å². The van der Waals surface area contributed by atoms with Crippen LogP contribution in [0.5, 0.6) is 0 Å². The maximum Gasteiger partial charge on any atom is 0.320 e. The van der Waals surface area contributed by atoms with Crippen molar-refractivity contribution in [1.29, 1.82) is 0 Å². The summed E-state index contributed by atoms with van der Waals surface area (Å²) in [6.45, 7) is 5.20. The van der Waals surface area contributed by atoms with Crippen molar-refractivity contribution in [2.24, 2.45) is 0 Å². The Kier molecular flexibility index (Phi) is 6.59. The van der Waals surface area contributed by atoms with Gasteiger partial charge in [0.25, 0.3) is 0 Å². The molecule has 0 radical (unpaired) electrons. The van der Waals surface area contributed by atoms with Crippen molar-refractivity contribution in [2.75, 3.05) is 29.9 Å². The summed E-state index contributed by atoms with van der Waals surface area (Å²) >= 11 is 1.51. The predicted octanol–water partition coefficient (Wildman–Crippen LogP) is 3.96. The molecule has 1 aliphatic rings. The van der Waals surface area contributed by atoms with E-state index in [4.69, 9.17) is 15.1 Å². The van der Waals surface area contributed by atoms with E-state index >= 15 is 0 Å². The summed E-state index contributed by atoms with van der Waals surface area (Å²) < 4.78 is 15.2. The molecule has 36 heavy (non-hydrogen) atoms. The van der Waals surface area contributed by atoms with E-state index in [0.717, 1.165) is 58.8 Å². The number of hydrogen-bond acceptors (Lipinski definition) is 8. The third kappa shape index (κ3) is 4.63. The quantitative estimate of drug-likeness (QED) is 0.368. The smallest absolute Gasteiger partial charge is 0.320 e. The number of carbonyl (C=O) groups is 1. The summed E-state index contributed by atoms with van der Waals surface area (Å²) in [4.78, 5) is 24.9. The fraction of sp³-hybridized carbons (Fsp3) is 0.360. The highest BCUT2D eigenvalue weighted by atomic mass is 32.1. The van der Waals surface area contributed by atoms with Gasteiger partial charge in [-0.05, 0) is 56.2 Å². The lowest BCUT2D eigenvalue weighted by Gasteiger charge is -2.20. The largest absolute Gasteiger partial charge is 0.480 e. The van der Waals surface area contributed by atoms with Gasteiger partial charge in [-0.2, -0.15) is 4.52 Å². The van der Waals surface area contributed by atoms with Gasteiger partial charge in [0.1, 0.15) is 17.7 Å². The molecule has 4 aromatic rings. The molecule has 9 nitrogen and oxygen atoms in total. The molecule has 2 unspecified atom stereocenters. The summed E-state index contributed by atoms with van der Waals surface area (Å²) in [7, 11) is 1.95. The molecule has 1 aliphatic heterocycles. The molecule has 4 heterocycles. The van der Waals surface area contributed by atoms with Gasteiger partial charge >= 0.3 is 5.97 Å². The molecule has 0 aliphatic carbocycles. The molecule has 1 fully saturated rings. The SMILES string of the molecule is CCc1nc2ccc(N3CCC(NC(C)C(=O)O)C3)nn2c1N(C)c1nc(-c2ccc(F)cc2)cs1. The predicted molar refractivity (Wildman–Crippen MR) is 139 cm³/mol. The van der Waals surface area contributed by atoms with Crippen LogP contribution in [0.15, 0.2) is 41.8 Å². The lowest BCUT2D eigenvalue weighted by molar-refractivity contribution is -0.139. The van der Waals surface area contributed by atoms with Gasteiger partial charge in [0.2, 0.25) is 0 Å². The summed E-state index contributed by atoms with van der Waals surface area (Å²) in [5.41, 5.74) is 3.31. The number of carboxylic acid groups (broad SMARTS) is 1. The number of rotatable bonds is 8. The highest BCUT2D eigenvalue weighted by molar-refractivity contribution is 7.14. The second-order valence-corrected chi connectivity index (χ2v) is 9.77. The molecule has 1 saturated heterocycles. The van der Waals surface area contributed by atoms with Crippen LogP contribution in [0.2, 0.25) is 0 Å². The zero-order valence-electron chi connectivity index (χ0n) is 20.3. The van der Waals surface area contributed by atoms with Crippen molar-refractivity contribution < 1.29 is 14.3 Å². The van der Waals surface area contributed by atoms with Crippen molar-refractivity contribution in [3.8, 4) is 11.3 Å². The second-order valence-electron chi connectivity index (χ2n) is 8.94. The van der Waals surface area contributed by atoms with Crippen LogP contribution in [0.1, 0.15) is 26.0 Å². The summed E-state index contributed by atoms with van der Waals surface area (Å²) in [5.74, 6) is 0.539. The number of aliphatic carboxylic acids is 1. The summed E-state index contributed by atoms with van der Waals surface area (Å²) in [6.07, 6.45) is 1.58. The molecule has 0 amide bonds. The number of fused-ring (bicyclic) bond motifs is 1. The first kappa shape index (κ1) is 24.1. The lowest BCUT2D eigenvalue weighted by Crippen LogP contribution is -2.42. The zero-order chi connectivity index (χ0) is 25.4. The summed E-state index contributed by atoms with van der Waals surface area (Å²) in [5, 5.41) is 20.0. The normalized spacial score (nSPS) is 16.6. The molecule has 3 aromatic heterocycles. The van der Waals surface area contributed by atoms with E-state index in [-0.39, 0.29) is 11.9 Å². The highest BCUT2D eigenvalue weighted by Crippen LogP contribution is 2.34. The van der Waals surface area contributed by atoms with E-state index in [1.807, 2.05) is 34.0 Å². The molecule has 2 N–H and O–H groups in total. The van der Waals surface area contributed by atoms with Crippen molar-refractivity contribution in [3.05, 3.63) is 53.3 Å². The van der Waals surface area contributed by atoms with Gasteiger partial charge in [-0.1, -0.05) is 6.92 Å². The molecule has 0 saturated carbocycles. The molecule has 0 bridgehead atoms. The first-order chi connectivity index (χ1) is 17.3. The minimum absolute atomic E-state index is 0.0879. The van der Waals surface area contributed by atoms with Crippen molar-refractivity contribution in [2.45, 2.75) is 38.8 Å². The number of imidazole rings is 1. The molecule has 11 heteroatoms. The Balaban J connectivity index is 1.43. The fourth-order valence-electron chi connectivity index (χ4n) is 4.49. The number of benzene rings is 1. The van der Waals surface area contributed by atoms with Crippen LogP contribution in [0.25, 0.3) is 16.9 Å². The Hall–Kier alpha value is -3.57. The number of nitrogens with one attached hydrogen (secondary N) is 1. The van der Waals surface area contributed by atoms with Gasteiger partial charge in [-0.15, -0.1) is 16.4 Å². The maximum absolute atomic E-state index is 13.3. The molecule has 0 spiro atoms. The van der Waals surface area contributed by atoms with Crippen molar-refractivity contribution in [3.63, 3.8) is 0 Å². The Morgan fingerprint density at radius 1 is 1.28 bits per heavy atom. The van der Waals surface area contributed by atoms with Crippen LogP contribution in [0.4, 0.5) is 21.2 Å². The van der Waals surface area contributed by atoms with Crippen LogP contribution >= 0.6 is 11.3 Å². The number of halogens is 1. The standard InChI is InChI=1S/C25H28FN7O2S/c1-4-19-23(31(3)25-29-20(14-36-25)16-5-7-17(26)8-6-16)33-21(28-19)9-10-22(30-33)32-12-11-18(13-32)27-15(2)24(34)35/h5-10,14-15,18,27H,4,11-13H2,1-3H3,(H,34,35). The Morgan fingerprint density at radius 3 is 2.78 bits per heavy atom. The molecule has 1 aromatic carbocycles. The monoisotopic (exact) mass is 509 g/mol. The third-order valence-corrected chi connectivity index (χ3v) is 7.37. The summed E-state index contributed by atoms with van der Waals surface area (Å²) in [6, 6.07) is 9.74. The van der Waals surface area contributed by atoms with Crippen molar-refractivity contribution in [1.82, 2.24) is 24.9 Å². The van der Waals surface area contributed by atoms with Crippen LogP contribution in [0.3, 0.4) is 0 Å².